The second kappa shape index (κ2) is 6.69. The largest absolute Gasteiger partial charge is 0.337 e. The molecule has 0 radical (unpaired) electrons. The van der Waals surface area contributed by atoms with E-state index in [0.717, 1.165) is 11.3 Å². The van der Waals surface area contributed by atoms with E-state index in [1.165, 1.54) is 12.5 Å². The van der Waals surface area contributed by atoms with Crippen LogP contribution in [-0.4, -0.2) is 59.4 Å². The molecule has 142 valence electrons. The van der Waals surface area contributed by atoms with Crippen molar-refractivity contribution >= 4 is 15.9 Å². The Hall–Kier alpha value is -2.32. The van der Waals surface area contributed by atoms with E-state index in [0.29, 0.717) is 25.3 Å². The van der Waals surface area contributed by atoms with Crippen LogP contribution in [0.1, 0.15) is 27.8 Å². The van der Waals surface area contributed by atoms with E-state index in [2.05, 4.69) is 9.97 Å². The number of nitrogens with zero attached hydrogens (tertiary/aromatic N) is 4. The zero-order valence-corrected chi connectivity index (χ0v) is 16.1. The van der Waals surface area contributed by atoms with E-state index in [4.69, 9.17) is 0 Å². The van der Waals surface area contributed by atoms with Crippen molar-refractivity contribution in [3.63, 3.8) is 0 Å². The molecule has 7 nitrogen and oxygen atoms in total. The van der Waals surface area contributed by atoms with Gasteiger partial charge in [0.25, 0.3) is 5.91 Å². The molecule has 0 saturated carbocycles. The van der Waals surface area contributed by atoms with Crippen LogP contribution in [0.5, 0.6) is 0 Å². The van der Waals surface area contributed by atoms with Crippen molar-refractivity contribution in [3.8, 4) is 0 Å². The average Bonchev–Trinajstić information content (AvgIpc) is 3.20. The molecule has 27 heavy (non-hydrogen) atoms. The summed E-state index contributed by atoms with van der Waals surface area (Å²) in [5.74, 6) is 0.0476. The number of amides is 1. The number of carbonyl (C=O) groups excluding carboxylic acids is 1. The highest BCUT2D eigenvalue weighted by Crippen LogP contribution is 2.46. The monoisotopic (exact) mass is 386 g/mol. The van der Waals surface area contributed by atoms with E-state index in [1.54, 1.807) is 15.4 Å². The third-order valence-corrected chi connectivity index (χ3v) is 6.70. The van der Waals surface area contributed by atoms with E-state index in [9.17, 15) is 13.2 Å². The van der Waals surface area contributed by atoms with Gasteiger partial charge in [0.2, 0.25) is 10.0 Å². The molecule has 0 bridgehead atoms. The minimum absolute atomic E-state index is 0.0736. The summed E-state index contributed by atoms with van der Waals surface area (Å²) in [5, 5.41) is 0. The number of aromatic nitrogens is 2. The Morgan fingerprint density at radius 2 is 1.81 bits per heavy atom. The van der Waals surface area contributed by atoms with Crippen molar-refractivity contribution in [3.05, 3.63) is 59.7 Å². The lowest BCUT2D eigenvalue weighted by Gasteiger charge is -2.28. The molecule has 2 saturated heterocycles. The molecule has 3 heterocycles. The van der Waals surface area contributed by atoms with Crippen LogP contribution in [-0.2, 0) is 10.0 Å². The Morgan fingerprint density at radius 1 is 1.07 bits per heavy atom. The number of hydrogen-bond acceptors (Lipinski definition) is 5. The molecular weight excluding hydrogens is 364 g/mol. The number of rotatable bonds is 3. The van der Waals surface area contributed by atoms with Gasteiger partial charge in [-0.05, 0) is 18.4 Å². The smallest absolute Gasteiger partial charge is 0.274 e. The Kier molecular flexibility index (Phi) is 4.47. The number of carbonyl (C=O) groups is 1. The van der Waals surface area contributed by atoms with Crippen molar-refractivity contribution < 1.29 is 13.2 Å². The fraction of sp³-hybridized carbons (Fsp3) is 0.421. The second-order valence-corrected chi connectivity index (χ2v) is 9.30. The molecule has 0 N–H and O–H groups in total. The van der Waals surface area contributed by atoms with E-state index in [-0.39, 0.29) is 23.8 Å². The Labute approximate surface area is 159 Å². The Bertz CT molecular complexity index is 947. The maximum atomic E-state index is 12.8. The Morgan fingerprint density at radius 3 is 2.44 bits per heavy atom. The van der Waals surface area contributed by atoms with Gasteiger partial charge in [-0.2, -0.15) is 4.31 Å². The molecule has 8 heteroatoms. The topological polar surface area (TPSA) is 83.5 Å². The van der Waals surface area contributed by atoms with Crippen LogP contribution in [0.25, 0.3) is 0 Å². The zero-order chi connectivity index (χ0) is 19.2. The van der Waals surface area contributed by atoms with Gasteiger partial charge in [-0.15, -0.1) is 0 Å². The predicted octanol–water partition coefficient (Wildman–Crippen LogP) is 1.49. The van der Waals surface area contributed by atoms with Crippen molar-refractivity contribution in [1.82, 2.24) is 19.2 Å². The molecular formula is C19H22N4O3S. The highest BCUT2D eigenvalue weighted by Gasteiger charge is 2.51. The Balaban J connectivity index is 1.61. The predicted molar refractivity (Wildman–Crippen MR) is 100 cm³/mol. The number of likely N-dealkylation sites (tertiary alicyclic amines) is 1. The first kappa shape index (κ1) is 18.1. The fourth-order valence-corrected chi connectivity index (χ4v) is 5.39. The number of benzene rings is 1. The van der Waals surface area contributed by atoms with Crippen LogP contribution in [0.3, 0.4) is 0 Å². The molecule has 1 aromatic heterocycles. The first-order valence-corrected chi connectivity index (χ1v) is 10.8. The summed E-state index contributed by atoms with van der Waals surface area (Å²) in [6.45, 7) is 3.32. The summed E-state index contributed by atoms with van der Waals surface area (Å²) in [5.41, 5.74) is 2.06. The summed E-state index contributed by atoms with van der Waals surface area (Å²) in [6.07, 6.45) is 4.35. The van der Waals surface area contributed by atoms with Crippen molar-refractivity contribution in [2.75, 3.05) is 25.9 Å². The molecule has 3 atom stereocenters. The number of sulfonamides is 1. The van der Waals surface area contributed by atoms with Gasteiger partial charge < -0.3 is 4.90 Å². The second-order valence-electron chi connectivity index (χ2n) is 7.37. The molecule has 2 aromatic rings. The third kappa shape index (κ3) is 3.35. The maximum Gasteiger partial charge on any atom is 0.274 e. The van der Waals surface area contributed by atoms with E-state index >= 15 is 0 Å². The van der Waals surface area contributed by atoms with Gasteiger partial charge in [0, 0.05) is 31.7 Å². The third-order valence-electron chi connectivity index (χ3n) is 5.48. The van der Waals surface area contributed by atoms with Gasteiger partial charge in [0.1, 0.15) is 5.69 Å². The summed E-state index contributed by atoms with van der Waals surface area (Å²) in [6, 6.07) is 9.43. The van der Waals surface area contributed by atoms with Crippen LogP contribution in [0.15, 0.2) is 42.7 Å². The quantitative estimate of drug-likeness (QED) is 0.798. The van der Waals surface area contributed by atoms with Crippen LogP contribution in [0.2, 0.25) is 0 Å². The van der Waals surface area contributed by atoms with Gasteiger partial charge in [-0.1, -0.05) is 30.3 Å². The van der Waals surface area contributed by atoms with Crippen LogP contribution >= 0.6 is 0 Å². The van der Waals surface area contributed by atoms with Crippen molar-refractivity contribution in [2.24, 2.45) is 11.8 Å². The summed E-state index contributed by atoms with van der Waals surface area (Å²) in [7, 11) is -3.33. The SMILES string of the molecule is Cc1cnc(C(=O)N2C[C@@H]3CN(S(C)(=O)=O)[C@@H](c4ccccc4)[C@@H]3C2)cn1. The lowest BCUT2D eigenvalue weighted by molar-refractivity contribution is 0.0767. The molecule has 1 aromatic carbocycles. The molecule has 0 unspecified atom stereocenters. The number of fused-ring (bicyclic) bond motifs is 1. The molecule has 4 rings (SSSR count). The first-order chi connectivity index (χ1) is 12.8. The highest BCUT2D eigenvalue weighted by molar-refractivity contribution is 7.88. The molecule has 1 amide bonds. The van der Waals surface area contributed by atoms with Gasteiger partial charge in [-0.3, -0.25) is 9.78 Å². The lowest BCUT2D eigenvalue weighted by atomic mass is 9.90. The van der Waals surface area contributed by atoms with E-state index < -0.39 is 10.0 Å². The zero-order valence-electron chi connectivity index (χ0n) is 15.3. The molecule has 2 aliphatic rings. The lowest BCUT2D eigenvalue weighted by Crippen LogP contribution is -2.37. The minimum atomic E-state index is -3.33. The molecule has 0 aliphatic carbocycles. The van der Waals surface area contributed by atoms with Crippen LogP contribution in [0, 0.1) is 18.8 Å². The summed E-state index contributed by atoms with van der Waals surface area (Å²) >= 11 is 0. The average molecular weight is 386 g/mol. The fourth-order valence-electron chi connectivity index (χ4n) is 4.24. The summed E-state index contributed by atoms with van der Waals surface area (Å²) < 4.78 is 26.3. The molecule has 2 fully saturated rings. The minimum Gasteiger partial charge on any atom is -0.337 e. The number of hydrogen-bond donors (Lipinski definition) is 0. The normalized spacial score (nSPS) is 25.6. The van der Waals surface area contributed by atoms with Crippen LogP contribution in [0.4, 0.5) is 0 Å². The first-order valence-electron chi connectivity index (χ1n) is 8.94. The van der Waals surface area contributed by atoms with Crippen LogP contribution < -0.4 is 0 Å². The maximum absolute atomic E-state index is 12.8. The van der Waals surface area contributed by atoms with Crippen molar-refractivity contribution in [1.29, 1.82) is 0 Å². The van der Waals surface area contributed by atoms with Gasteiger partial charge in [0.05, 0.1) is 24.2 Å². The van der Waals surface area contributed by atoms with E-state index in [1.807, 2.05) is 37.3 Å². The molecule has 0 spiro atoms. The number of aryl methyl sites for hydroxylation is 1. The van der Waals surface area contributed by atoms with Gasteiger partial charge in [0.15, 0.2) is 0 Å². The molecule has 2 aliphatic heterocycles. The van der Waals surface area contributed by atoms with Gasteiger partial charge in [-0.25, -0.2) is 13.4 Å². The summed E-state index contributed by atoms with van der Waals surface area (Å²) in [4.78, 5) is 22.9. The standard InChI is InChI=1S/C19H22N4O3S/c1-13-8-21-17(9-20-13)19(24)22-10-15-11-23(27(2,25)26)18(16(15)12-22)14-6-4-3-5-7-14/h3-9,15-16,18H,10-12H2,1-2H3/t15-,16-,18+/m1/s1. The van der Waals surface area contributed by atoms with Crippen molar-refractivity contribution in [2.45, 2.75) is 13.0 Å². The highest BCUT2D eigenvalue weighted by atomic mass is 32.2. The van der Waals surface area contributed by atoms with Gasteiger partial charge >= 0.3 is 0 Å².